The highest BCUT2D eigenvalue weighted by atomic mass is 32.1. The Labute approximate surface area is 117 Å². The zero-order chi connectivity index (χ0) is 14.4. The third-order valence-electron chi connectivity index (χ3n) is 2.75. The van der Waals surface area contributed by atoms with Crippen molar-refractivity contribution in [2.45, 2.75) is 39.3 Å². The van der Waals surface area contributed by atoms with Crippen molar-refractivity contribution in [3.63, 3.8) is 0 Å². The van der Waals surface area contributed by atoms with E-state index in [9.17, 15) is 9.59 Å². The summed E-state index contributed by atoms with van der Waals surface area (Å²) in [6.45, 7) is 4.39. The van der Waals surface area contributed by atoms with Gasteiger partial charge in [0, 0.05) is 6.54 Å². The van der Waals surface area contributed by atoms with Crippen LogP contribution in [-0.4, -0.2) is 38.6 Å². The summed E-state index contributed by atoms with van der Waals surface area (Å²) in [5.74, 6) is -1.08. The van der Waals surface area contributed by atoms with Crippen LogP contribution in [0.15, 0.2) is 6.07 Å². The summed E-state index contributed by atoms with van der Waals surface area (Å²) in [5.41, 5.74) is 1.21. The molecule has 0 bridgehead atoms. The average molecular weight is 285 g/mol. The molecule has 0 aliphatic heterocycles. The van der Waals surface area contributed by atoms with Gasteiger partial charge in [-0.25, -0.2) is 4.79 Å². The predicted molar refractivity (Wildman–Crippen MR) is 74.6 cm³/mol. The highest BCUT2D eigenvalue weighted by Gasteiger charge is 2.22. The molecule has 0 aliphatic carbocycles. The average Bonchev–Trinajstić information content (AvgIpc) is 2.81. The molecule has 19 heavy (non-hydrogen) atoms. The van der Waals surface area contributed by atoms with Gasteiger partial charge in [-0.1, -0.05) is 6.92 Å². The molecule has 106 valence electrons. The van der Waals surface area contributed by atoms with E-state index in [4.69, 9.17) is 5.11 Å². The van der Waals surface area contributed by atoms with E-state index in [2.05, 4.69) is 23.0 Å². The number of aromatic nitrogens is 2. The molecule has 2 N–H and O–H groups in total. The Hall–Kier alpha value is -1.50. The molecule has 0 radical (unpaired) electrons. The Morgan fingerprint density at radius 1 is 1.53 bits per heavy atom. The van der Waals surface area contributed by atoms with Crippen LogP contribution in [0.3, 0.4) is 0 Å². The highest BCUT2D eigenvalue weighted by molar-refractivity contribution is 7.80. The fourth-order valence-corrected chi connectivity index (χ4v) is 1.94. The number of hydrogen-bond acceptors (Lipinski definition) is 4. The van der Waals surface area contributed by atoms with Gasteiger partial charge in [-0.15, -0.1) is 0 Å². The van der Waals surface area contributed by atoms with Gasteiger partial charge >= 0.3 is 5.97 Å². The third-order valence-corrected chi connectivity index (χ3v) is 3.00. The monoisotopic (exact) mass is 285 g/mol. The Bertz CT molecular complexity index is 459. The third kappa shape index (κ3) is 3.99. The van der Waals surface area contributed by atoms with Crippen molar-refractivity contribution in [1.29, 1.82) is 0 Å². The molecule has 1 aromatic rings. The predicted octanol–water partition coefficient (Wildman–Crippen LogP) is 0.968. The van der Waals surface area contributed by atoms with Crippen molar-refractivity contribution < 1.29 is 14.7 Å². The van der Waals surface area contributed by atoms with Crippen LogP contribution in [-0.2, 0) is 17.8 Å². The van der Waals surface area contributed by atoms with E-state index in [0.29, 0.717) is 18.0 Å². The quantitative estimate of drug-likeness (QED) is 0.652. The van der Waals surface area contributed by atoms with Gasteiger partial charge in [0.05, 0.1) is 5.69 Å². The largest absolute Gasteiger partial charge is 0.480 e. The summed E-state index contributed by atoms with van der Waals surface area (Å²) in [6.07, 6.45) is 1.01. The zero-order valence-electron chi connectivity index (χ0n) is 11.1. The molecule has 0 aromatic carbocycles. The number of thiol groups is 1. The minimum absolute atomic E-state index is 0.283. The molecular weight excluding hydrogens is 266 g/mol. The van der Waals surface area contributed by atoms with Gasteiger partial charge in [-0.3, -0.25) is 9.48 Å². The number of carbonyl (C=O) groups is 2. The molecular formula is C12H19N3O3S. The molecule has 1 heterocycles. The van der Waals surface area contributed by atoms with Crippen LogP contribution in [0.2, 0.25) is 0 Å². The molecule has 0 aliphatic rings. The van der Waals surface area contributed by atoms with Crippen LogP contribution in [0, 0.1) is 0 Å². The Kier molecular flexibility index (Phi) is 5.88. The second-order valence-electron chi connectivity index (χ2n) is 4.07. The molecule has 0 saturated carbocycles. The van der Waals surface area contributed by atoms with Crippen molar-refractivity contribution >= 4 is 24.5 Å². The lowest BCUT2D eigenvalue weighted by Crippen LogP contribution is -2.41. The van der Waals surface area contributed by atoms with Crippen molar-refractivity contribution in [3.8, 4) is 0 Å². The minimum atomic E-state index is -1.05. The summed E-state index contributed by atoms with van der Waals surface area (Å²) < 4.78 is 1.58. The number of carbonyl (C=O) groups excluding carboxylic acids is 1. The number of aliphatic carboxylic acids is 1. The summed E-state index contributed by atoms with van der Waals surface area (Å²) in [4.78, 5) is 23.1. The second-order valence-corrected chi connectivity index (χ2v) is 4.51. The molecule has 0 spiro atoms. The second kappa shape index (κ2) is 7.18. The summed E-state index contributed by atoms with van der Waals surface area (Å²) in [6, 6.07) is 0.772. The number of aryl methyl sites for hydroxylation is 2. The lowest BCUT2D eigenvalue weighted by molar-refractivity contribution is -0.139. The van der Waals surface area contributed by atoms with E-state index in [1.54, 1.807) is 10.7 Å². The van der Waals surface area contributed by atoms with Gasteiger partial charge in [0.1, 0.15) is 11.7 Å². The number of hydrogen-bond donors (Lipinski definition) is 3. The fraction of sp³-hybridized carbons (Fsp3) is 0.583. The van der Waals surface area contributed by atoms with E-state index < -0.39 is 17.9 Å². The van der Waals surface area contributed by atoms with E-state index in [1.807, 2.05) is 13.8 Å². The molecule has 6 nitrogen and oxygen atoms in total. The molecule has 1 rings (SSSR count). The summed E-state index contributed by atoms with van der Waals surface area (Å²) in [7, 11) is 0. The van der Waals surface area contributed by atoms with Crippen LogP contribution < -0.4 is 5.32 Å². The standard InChI is InChI=1S/C12H19N3O3S/c1-3-8-7-10(15(4-2)14-8)11(16)13-9(5-6-19)12(17)18/h7,9,19H,3-6H2,1-2H3,(H,13,16)(H,17,18). The Morgan fingerprint density at radius 2 is 2.21 bits per heavy atom. The SMILES string of the molecule is CCc1cc(C(=O)NC(CCS)C(=O)O)n(CC)n1. The number of carboxylic acids is 1. The van der Waals surface area contributed by atoms with Crippen LogP contribution in [0.1, 0.15) is 36.5 Å². The smallest absolute Gasteiger partial charge is 0.326 e. The first-order valence-corrected chi connectivity index (χ1v) is 6.87. The molecule has 7 heteroatoms. The number of carboxylic acid groups (broad SMARTS) is 1. The van der Waals surface area contributed by atoms with Gasteiger partial charge in [-0.05, 0) is 31.6 Å². The van der Waals surface area contributed by atoms with Crippen molar-refractivity contribution in [2.75, 3.05) is 5.75 Å². The van der Waals surface area contributed by atoms with Gasteiger partial charge < -0.3 is 10.4 Å². The fourth-order valence-electron chi connectivity index (χ4n) is 1.69. The molecule has 1 amide bonds. The highest BCUT2D eigenvalue weighted by Crippen LogP contribution is 2.07. The molecule has 1 atom stereocenters. The van der Waals surface area contributed by atoms with E-state index in [1.165, 1.54) is 0 Å². The van der Waals surface area contributed by atoms with Crippen molar-refractivity contribution in [3.05, 3.63) is 17.5 Å². The van der Waals surface area contributed by atoms with Gasteiger partial charge in [0.25, 0.3) is 5.91 Å². The van der Waals surface area contributed by atoms with Crippen molar-refractivity contribution in [2.24, 2.45) is 0 Å². The maximum absolute atomic E-state index is 12.1. The summed E-state index contributed by atoms with van der Waals surface area (Å²) in [5, 5.41) is 15.8. The number of nitrogens with zero attached hydrogens (tertiary/aromatic N) is 2. The van der Waals surface area contributed by atoms with Crippen molar-refractivity contribution in [1.82, 2.24) is 15.1 Å². The molecule has 0 fully saturated rings. The number of amides is 1. The van der Waals surface area contributed by atoms with Crippen LogP contribution in [0.4, 0.5) is 0 Å². The Morgan fingerprint density at radius 3 is 2.68 bits per heavy atom. The van der Waals surface area contributed by atoms with E-state index in [0.717, 1.165) is 12.1 Å². The normalized spacial score (nSPS) is 12.2. The van der Waals surface area contributed by atoms with Crippen LogP contribution >= 0.6 is 12.6 Å². The molecule has 1 aromatic heterocycles. The van der Waals surface area contributed by atoms with E-state index in [-0.39, 0.29) is 6.42 Å². The molecule has 0 saturated heterocycles. The van der Waals surface area contributed by atoms with E-state index >= 15 is 0 Å². The first-order chi connectivity index (χ1) is 9.03. The lowest BCUT2D eigenvalue weighted by atomic mass is 10.2. The number of rotatable bonds is 7. The Balaban J connectivity index is 2.87. The summed E-state index contributed by atoms with van der Waals surface area (Å²) >= 11 is 3.99. The first-order valence-electron chi connectivity index (χ1n) is 6.24. The van der Waals surface area contributed by atoms with Gasteiger partial charge in [0.2, 0.25) is 0 Å². The maximum atomic E-state index is 12.1. The topological polar surface area (TPSA) is 84.2 Å². The maximum Gasteiger partial charge on any atom is 0.326 e. The minimum Gasteiger partial charge on any atom is -0.480 e. The van der Waals surface area contributed by atoms with Crippen LogP contribution in [0.5, 0.6) is 0 Å². The first kappa shape index (κ1) is 15.6. The lowest BCUT2D eigenvalue weighted by Gasteiger charge is -2.13. The number of nitrogens with one attached hydrogen (secondary N) is 1. The zero-order valence-corrected chi connectivity index (χ0v) is 12.0. The molecule has 1 unspecified atom stereocenters. The van der Waals surface area contributed by atoms with Crippen LogP contribution in [0.25, 0.3) is 0 Å². The van der Waals surface area contributed by atoms with Gasteiger partial charge in [-0.2, -0.15) is 17.7 Å². The van der Waals surface area contributed by atoms with Gasteiger partial charge in [0.15, 0.2) is 0 Å².